The molecule has 0 fully saturated rings. The fourth-order valence-corrected chi connectivity index (χ4v) is 0.798. The van der Waals surface area contributed by atoms with Crippen molar-refractivity contribution in [3.63, 3.8) is 0 Å². The number of aliphatic hydroxyl groups is 1. The normalized spacial score (nSPS) is 9.77. The number of nitrogens with zero attached hydrogens (tertiary/aromatic N) is 3. The van der Waals surface area contributed by atoms with Crippen molar-refractivity contribution in [3.05, 3.63) is 5.28 Å². The second-order valence-corrected chi connectivity index (χ2v) is 2.37. The number of rotatable bonds is 4. The van der Waals surface area contributed by atoms with Crippen LogP contribution in [0, 0.1) is 0 Å². The summed E-state index contributed by atoms with van der Waals surface area (Å²) in [5.74, 6) is 0.327. The molecular weight excluding hydrogens is 196 g/mol. The molecule has 0 aliphatic rings. The Balaban J connectivity index is 2.76. The van der Waals surface area contributed by atoms with Gasteiger partial charge in [-0.05, 0) is 11.6 Å². The minimum absolute atomic E-state index is 0.0484. The van der Waals surface area contributed by atoms with Crippen molar-refractivity contribution in [2.24, 2.45) is 0 Å². The number of anilines is 1. The van der Waals surface area contributed by atoms with E-state index in [1.165, 1.54) is 0 Å². The van der Waals surface area contributed by atoms with Gasteiger partial charge in [-0.3, -0.25) is 0 Å². The highest BCUT2D eigenvalue weighted by molar-refractivity contribution is 6.28. The first-order chi connectivity index (χ1) is 6.26. The first-order valence-electron chi connectivity index (χ1n) is 3.59. The molecule has 0 amide bonds. The molecule has 1 heterocycles. The fourth-order valence-electron chi connectivity index (χ4n) is 0.645. The highest BCUT2D eigenvalue weighted by Crippen LogP contribution is 2.10. The summed E-state index contributed by atoms with van der Waals surface area (Å²) in [4.78, 5) is 11.3. The van der Waals surface area contributed by atoms with Gasteiger partial charge in [0.2, 0.25) is 11.2 Å². The van der Waals surface area contributed by atoms with Crippen LogP contribution in [-0.2, 0) is 0 Å². The lowest BCUT2D eigenvalue weighted by atomic mass is 10.8. The molecular formula is C6H9ClN4O2. The van der Waals surface area contributed by atoms with Crippen molar-refractivity contribution in [2.45, 2.75) is 0 Å². The van der Waals surface area contributed by atoms with E-state index in [0.717, 1.165) is 0 Å². The summed E-state index contributed by atoms with van der Waals surface area (Å²) >= 11 is 5.56. The highest BCUT2D eigenvalue weighted by Gasteiger charge is 2.03. The van der Waals surface area contributed by atoms with Gasteiger partial charge in [-0.15, -0.1) is 0 Å². The van der Waals surface area contributed by atoms with Crippen molar-refractivity contribution < 1.29 is 9.84 Å². The standard InChI is InChI=1S/C6H9ClN4O2/c1-8-5-9-4(7)10-6(11-5)13-3-2-12/h12H,2-3H2,1H3,(H,8,9,10,11). The molecule has 1 rings (SSSR count). The number of hydrogen-bond acceptors (Lipinski definition) is 6. The maximum absolute atomic E-state index is 8.48. The van der Waals surface area contributed by atoms with Crippen LogP contribution in [-0.4, -0.2) is 40.3 Å². The number of aliphatic hydroxyl groups excluding tert-OH is 1. The van der Waals surface area contributed by atoms with Gasteiger partial charge in [0, 0.05) is 7.05 Å². The maximum atomic E-state index is 8.48. The monoisotopic (exact) mass is 204 g/mol. The van der Waals surface area contributed by atoms with E-state index in [9.17, 15) is 0 Å². The minimum atomic E-state index is -0.0990. The molecule has 0 unspecified atom stereocenters. The smallest absolute Gasteiger partial charge is 0.322 e. The molecule has 0 aliphatic carbocycles. The average molecular weight is 205 g/mol. The topological polar surface area (TPSA) is 80.2 Å². The number of aromatic nitrogens is 3. The van der Waals surface area contributed by atoms with Crippen LogP contribution in [0.1, 0.15) is 0 Å². The molecule has 0 radical (unpaired) electrons. The van der Waals surface area contributed by atoms with Gasteiger partial charge in [-0.2, -0.15) is 15.0 Å². The molecule has 0 bridgehead atoms. The Morgan fingerprint density at radius 2 is 2.23 bits per heavy atom. The first-order valence-corrected chi connectivity index (χ1v) is 3.97. The van der Waals surface area contributed by atoms with E-state index >= 15 is 0 Å². The van der Waals surface area contributed by atoms with E-state index in [1.54, 1.807) is 7.05 Å². The summed E-state index contributed by atoms with van der Waals surface area (Å²) in [7, 11) is 1.65. The van der Waals surface area contributed by atoms with Crippen molar-refractivity contribution in [2.75, 3.05) is 25.6 Å². The van der Waals surface area contributed by atoms with Crippen LogP contribution in [0.5, 0.6) is 6.01 Å². The molecule has 6 nitrogen and oxygen atoms in total. The Morgan fingerprint density at radius 1 is 1.46 bits per heavy atom. The molecule has 1 aromatic heterocycles. The van der Waals surface area contributed by atoms with E-state index in [4.69, 9.17) is 21.4 Å². The maximum Gasteiger partial charge on any atom is 0.322 e. The van der Waals surface area contributed by atoms with Crippen molar-refractivity contribution >= 4 is 17.5 Å². The molecule has 0 saturated heterocycles. The summed E-state index contributed by atoms with van der Waals surface area (Å²) in [6.45, 7) is 0.0294. The predicted octanol–water partition coefficient (Wildman–Crippen LogP) is -0.0622. The SMILES string of the molecule is CNc1nc(Cl)nc(OCCO)n1. The second kappa shape index (κ2) is 4.78. The van der Waals surface area contributed by atoms with Crippen molar-refractivity contribution in [1.82, 2.24) is 15.0 Å². The fraction of sp³-hybridized carbons (Fsp3) is 0.500. The van der Waals surface area contributed by atoms with Crippen LogP contribution >= 0.6 is 11.6 Å². The van der Waals surface area contributed by atoms with Crippen LogP contribution in [0.2, 0.25) is 5.28 Å². The van der Waals surface area contributed by atoms with E-state index < -0.39 is 0 Å². The Kier molecular flexibility index (Phi) is 3.66. The lowest BCUT2D eigenvalue weighted by Gasteiger charge is -2.03. The summed E-state index contributed by atoms with van der Waals surface area (Å²) in [5.41, 5.74) is 0. The number of ether oxygens (including phenoxy) is 1. The lowest BCUT2D eigenvalue weighted by molar-refractivity contribution is 0.191. The molecule has 72 valence electrons. The Morgan fingerprint density at radius 3 is 2.85 bits per heavy atom. The molecule has 0 aromatic carbocycles. The summed E-state index contributed by atoms with van der Waals surface area (Å²) in [5, 5.41) is 11.2. The van der Waals surface area contributed by atoms with Gasteiger partial charge in [0.1, 0.15) is 6.61 Å². The van der Waals surface area contributed by atoms with E-state index in [2.05, 4.69) is 20.3 Å². The summed E-state index contributed by atoms with van der Waals surface area (Å²) in [6, 6.07) is 0.0957. The van der Waals surface area contributed by atoms with Crippen LogP contribution in [0.15, 0.2) is 0 Å². The van der Waals surface area contributed by atoms with Crippen molar-refractivity contribution in [3.8, 4) is 6.01 Å². The van der Waals surface area contributed by atoms with Gasteiger partial charge < -0.3 is 15.2 Å². The summed E-state index contributed by atoms with van der Waals surface area (Å²) < 4.78 is 4.94. The molecule has 0 aliphatic heterocycles. The molecule has 7 heteroatoms. The van der Waals surface area contributed by atoms with Gasteiger partial charge >= 0.3 is 6.01 Å². The average Bonchev–Trinajstić information content (AvgIpc) is 2.14. The van der Waals surface area contributed by atoms with Crippen LogP contribution in [0.25, 0.3) is 0 Å². The summed E-state index contributed by atoms with van der Waals surface area (Å²) in [6.07, 6.45) is 0. The van der Waals surface area contributed by atoms with Gasteiger partial charge in [-0.25, -0.2) is 0 Å². The largest absolute Gasteiger partial charge is 0.461 e. The molecule has 0 atom stereocenters. The molecule has 0 spiro atoms. The number of hydrogen-bond donors (Lipinski definition) is 2. The second-order valence-electron chi connectivity index (χ2n) is 2.03. The highest BCUT2D eigenvalue weighted by atomic mass is 35.5. The quantitative estimate of drug-likeness (QED) is 0.715. The van der Waals surface area contributed by atoms with Gasteiger partial charge in [0.25, 0.3) is 0 Å². The third kappa shape index (κ3) is 3.00. The van der Waals surface area contributed by atoms with E-state index in [0.29, 0.717) is 5.95 Å². The number of nitrogens with one attached hydrogen (secondary N) is 1. The molecule has 1 aromatic rings. The Bertz CT molecular complexity index is 283. The van der Waals surface area contributed by atoms with Crippen LogP contribution in [0.4, 0.5) is 5.95 Å². The van der Waals surface area contributed by atoms with Gasteiger partial charge in [0.05, 0.1) is 6.61 Å². The zero-order valence-corrected chi connectivity index (χ0v) is 7.75. The van der Waals surface area contributed by atoms with E-state index in [1.807, 2.05) is 0 Å². The van der Waals surface area contributed by atoms with Crippen molar-refractivity contribution in [1.29, 1.82) is 0 Å². The third-order valence-corrected chi connectivity index (χ3v) is 1.30. The zero-order valence-electron chi connectivity index (χ0n) is 6.99. The van der Waals surface area contributed by atoms with Crippen LogP contribution < -0.4 is 10.1 Å². The van der Waals surface area contributed by atoms with Crippen LogP contribution in [0.3, 0.4) is 0 Å². The third-order valence-electron chi connectivity index (χ3n) is 1.13. The molecule has 0 saturated carbocycles. The Labute approximate surface area is 79.9 Å². The predicted molar refractivity (Wildman–Crippen MR) is 47.0 cm³/mol. The minimum Gasteiger partial charge on any atom is -0.461 e. The van der Waals surface area contributed by atoms with Gasteiger partial charge in [-0.1, -0.05) is 0 Å². The van der Waals surface area contributed by atoms with Gasteiger partial charge in [0.15, 0.2) is 0 Å². The molecule has 2 N–H and O–H groups in total. The number of halogens is 1. The molecule has 13 heavy (non-hydrogen) atoms. The van der Waals surface area contributed by atoms with E-state index in [-0.39, 0.29) is 24.5 Å². The Hall–Kier alpha value is -1.14. The zero-order chi connectivity index (χ0) is 9.68. The lowest BCUT2D eigenvalue weighted by Crippen LogP contribution is -2.07. The first kappa shape index (κ1) is 9.94.